The Balaban J connectivity index is 2.70. The minimum absolute atomic E-state index is 0.298. The Morgan fingerprint density at radius 3 is 2.56 bits per heavy atom. The third kappa shape index (κ3) is 3.39. The predicted molar refractivity (Wildman–Crippen MR) is 67.1 cm³/mol. The molecule has 0 atom stereocenters. The summed E-state index contributed by atoms with van der Waals surface area (Å²) in [6.45, 7) is 3.89. The van der Waals surface area contributed by atoms with Crippen molar-refractivity contribution < 1.29 is 9.50 Å². The molecule has 0 heterocycles. The summed E-state index contributed by atoms with van der Waals surface area (Å²) in [7, 11) is 0. The fourth-order valence-electron chi connectivity index (χ4n) is 1.30. The molecule has 0 saturated heterocycles. The average Bonchev–Trinajstić information content (AvgIpc) is 2.30. The van der Waals surface area contributed by atoms with Crippen molar-refractivity contribution in [3.8, 4) is 0 Å². The summed E-state index contributed by atoms with van der Waals surface area (Å²) < 4.78 is 13.0. The number of rotatable bonds is 5. The minimum Gasteiger partial charge on any atom is -0.398 e. The van der Waals surface area contributed by atoms with Crippen LogP contribution in [0.15, 0.2) is 23.1 Å². The fraction of sp³-hybridized carbons (Fsp3) is 0.500. The third-order valence-corrected chi connectivity index (χ3v) is 4.13. The van der Waals surface area contributed by atoms with Gasteiger partial charge in [-0.05, 0) is 31.0 Å². The molecule has 1 aromatic rings. The van der Waals surface area contributed by atoms with Gasteiger partial charge in [0.25, 0.3) is 0 Å². The van der Waals surface area contributed by atoms with E-state index in [2.05, 4.69) is 0 Å². The van der Waals surface area contributed by atoms with E-state index in [0.717, 1.165) is 0 Å². The van der Waals surface area contributed by atoms with E-state index in [4.69, 9.17) is 5.73 Å². The number of nitrogen functional groups attached to an aromatic ring is 1. The molecule has 0 bridgehead atoms. The van der Waals surface area contributed by atoms with Gasteiger partial charge in [0.1, 0.15) is 5.82 Å². The maximum Gasteiger partial charge on any atom is 0.124 e. The molecular weight excluding hydrogens is 225 g/mol. The molecule has 90 valence electrons. The van der Waals surface area contributed by atoms with Gasteiger partial charge in [-0.25, -0.2) is 4.39 Å². The lowest BCUT2D eigenvalue weighted by Gasteiger charge is -2.24. The topological polar surface area (TPSA) is 46.2 Å². The predicted octanol–water partition coefficient (Wildman–Crippen LogP) is 3.05. The Morgan fingerprint density at radius 2 is 2.00 bits per heavy atom. The zero-order chi connectivity index (χ0) is 12.2. The molecule has 0 aliphatic carbocycles. The van der Waals surface area contributed by atoms with Crippen LogP contribution in [-0.4, -0.2) is 16.5 Å². The van der Waals surface area contributed by atoms with Gasteiger partial charge < -0.3 is 10.8 Å². The molecule has 4 heteroatoms. The highest BCUT2D eigenvalue weighted by Crippen LogP contribution is 2.30. The summed E-state index contributed by atoms with van der Waals surface area (Å²) in [5.41, 5.74) is 5.60. The van der Waals surface area contributed by atoms with Gasteiger partial charge in [0.2, 0.25) is 0 Å². The standard InChI is InChI=1S/C12H18FNOS/c1-3-12(15,4-2)8-16-11-7-9(13)5-6-10(11)14/h5-7,15H,3-4,8,14H2,1-2H3. The molecule has 1 rings (SSSR count). The summed E-state index contributed by atoms with van der Waals surface area (Å²) in [5.74, 6) is 0.237. The number of hydrogen-bond acceptors (Lipinski definition) is 3. The Bertz CT molecular complexity index is 353. The second kappa shape index (κ2) is 5.55. The molecule has 0 spiro atoms. The minimum atomic E-state index is -0.691. The molecule has 0 amide bonds. The lowest BCUT2D eigenvalue weighted by atomic mass is 10.0. The van der Waals surface area contributed by atoms with Crippen LogP contribution in [0.4, 0.5) is 10.1 Å². The van der Waals surface area contributed by atoms with Crippen molar-refractivity contribution >= 4 is 17.4 Å². The first kappa shape index (κ1) is 13.3. The van der Waals surface area contributed by atoms with E-state index in [1.54, 1.807) is 6.07 Å². The summed E-state index contributed by atoms with van der Waals surface area (Å²) >= 11 is 1.40. The highest BCUT2D eigenvalue weighted by atomic mass is 32.2. The van der Waals surface area contributed by atoms with Crippen molar-refractivity contribution in [2.24, 2.45) is 0 Å². The monoisotopic (exact) mass is 243 g/mol. The summed E-state index contributed by atoms with van der Waals surface area (Å²) in [5, 5.41) is 10.1. The smallest absolute Gasteiger partial charge is 0.124 e. The molecule has 0 fully saturated rings. The second-order valence-electron chi connectivity index (χ2n) is 3.90. The molecule has 0 aromatic heterocycles. The van der Waals surface area contributed by atoms with Crippen molar-refractivity contribution in [2.75, 3.05) is 11.5 Å². The SMILES string of the molecule is CCC(O)(CC)CSc1cc(F)ccc1N. The Hall–Kier alpha value is -0.740. The van der Waals surface area contributed by atoms with Crippen LogP contribution in [0.3, 0.4) is 0 Å². The molecule has 0 aliphatic heterocycles. The molecule has 0 aliphatic rings. The Kier molecular flexibility index (Phi) is 4.62. The van der Waals surface area contributed by atoms with Crippen LogP contribution in [0, 0.1) is 5.82 Å². The fourth-order valence-corrected chi connectivity index (χ4v) is 2.56. The molecule has 2 nitrogen and oxygen atoms in total. The van der Waals surface area contributed by atoms with Gasteiger partial charge in [-0.3, -0.25) is 0 Å². The van der Waals surface area contributed by atoms with Gasteiger partial charge in [0, 0.05) is 16.3 Å². The normalized spacial score (nSPS) is 11.8. The van der Waals surface area contributed by atoms with Crippen molar-refractivity contribution in [2.45, 2.75) is 37.2 Å². The average molecular weight is 243 g/mol. The molecule has 0 saturated carbocycles. The van der Waals surface area contributed by atoms with E-state index in [1.807, 2.05) is 13.8 Å². The number of nitrogens with two attached hydrogens (primary N) is 1. The van der Waals surface area contributed by atoms with Crippen molar-refractivity contribution in [1.82, 2.24) is 0 Å². The highest BCUT2D eigenvalue weighted by molar-refractivity contribution is 7.99. The van der Waals surface area contributed by atoms with Crippen molar-refractivity contribution in [3.63, 3.8) is 0 Å². The van der Waals surface area contributed by atoms with Crippen LogP contribution >= 0.6 is 11.8 Å². The maximum atomic E-state index is 13.0. The summed E-state index contributed by atoms with van der Waals surface area (Å²) in [6, 6.07) is 4.30. The number of hydrogen-bond donors (Lipinski definition) is 2. The van der Waals surface area contributed by atoms with Gasteiger partial charge in [-0.15, -0.1) is 11.8 Å². The van der Waals surface area contributed by atoms with Crippen LogP contribution in [0.25, 0.3) is 0 Å². The molecular formula is C12H18FNOS. The molecule has 1 aromatic carbocycles. The van der Waals surface area contributed by atoms with Crippen molar-refractivity contribution in [1.29, 1.82) is 0 Å². The summed E-state index contributed by atoms with van der Waals surface area (Å²) in [4.78, 5) is 0.695. The number of anilines is 1. The molecule has 16 heavy (non-hydrogen) atoms. The van der Waals surface area contributed by atoms with E-state index in [0.29, 0.717) is 29.2 Å². The Labute approximate surface area is 100 Å². The zero-order valence-corrected chi connectivity index (χ0v) is 10.5. The number of aliphatic hydroxyl groups is 1. The maximum absolute atomic E-state index is 13.0. The van der Waals surface area contributed by atoms with Gasteiger partial charge in [0.05, 0.1) is 5.60 Å². The highest BCUT2D eigenvalue weighted by Gasteiger charge is 2.22. The van der Waals surface area contributed by atoms with Crippen LogP contribution in [0.1, 0.15) is 26.7 Å². The first-order valence-electron chi connectivity index (χ1n) is 5.41. The zero-order valence-electron chi connectivity index (χ0n) is 9.66. The van der Waals surface area contributed by atoms with Crippen molar-refractivity contribution in [3.05, 3.63) is 24.0 Å². The van der Waals surface area contributed by atoms with E-state index >= 15 is 0 Å². The van der Waals surface area contributed by atoms with Gasteiger partial charge >= 0.3 is 0 Å². The number of halogens is 1. The lowest BCUT2D eigenvalue weighted by molar-refractivity contribution is 0.0572. The first-order valence-corrected chi connectivity index (χ1v) is 6.39. The van der Waals surface area contributed by atoms with E-state index in [-0.39, 0.29) is 5.82 Å². The largest absolute Gasteiger partial charge is 0.398 e. The number of benzene rings is 1. The van der Waals surface area contributed by atoms with E-state index in [1.165, 1.54) is 23.9 Å². The molecule has 0 unspecified atom stereocenters. The quantitative estimate of drug-likeness (QED) is 0.617. The van der Waals surface area contributed by atoms with Crippen LogP contribution < -0.4 is 5.73 Å². The first-order chi connectivity index (χ1) is 7.50. The van der Waals surface area contributed by atoms with Crippen LogP contribution in [-0.2, 0) is 0 Å². The second-order valence-corrected chi connectivity index (χ2v) is 4.92. The molecule has 0 radical (unpaired) electrons. The Morgan fingerprint density at radius 1 is 1.38 bits per heavy atom. The summed E-state index contributed by atoms with van der Waals surface area (Å²) in [6.07, 6.45) is 1.37. The van der Waals surface area contributed by atoms with E-state index in [9.17, 15) is 9.50 Å². The van der Waals surface area contributed by atoms with Gasteiger partial charge in [0.15, 0.2) is 0 Å². The molecule has 3 N–H and O–H groups in total. The lowest BCUT2D eigenvalue weighted by Crippen LogP contribution is -2.29. The number of thioether (sulfide) groups is 1. The van der Waals surface area contributed by atoms with Crippen LogP contribution in [0.5, 0.6) is 0 Å². The van der Waals surface area contributed by atoms with Gasteiger partial charge in [-0.2, -0.15) is 0 Å². The van der Waals surface area contributed by atoms with Gasteiger partial charge in [-0.1, -0.05) is 13.8 Å². The van der Waals surface area contributed by atoms with Crippen LogP contribution in [0.2, 0.25) is 0 Å². The van der Waals surface area contributed by atoms with E-state index < -0.39 is 5.60 Å². The third-order valence-electron chi connectivity index (χ3n) is 2.79.